The monoisotopic (exact) mass is 378 g/mol. The summed E-state index contributed by atoms with van der Waals surface area (Å²) >= 11 is 6.10. The first-order valence-electron chi connectivity index (χ1n) is 9.40. The molecule has 144 valence electrons. The molecular formula is C20H31ClN4O. The summed E-state index contributed by atoms with van der Waals surface area (Å²) in [6.07, 6.45) is 4.02. The molecule has 1 aromatic carbocycles. The Bertz CT molecular complexity index is 638. The second-order valence-electron chi connectivity index (χ2n) is 7.30. The number of carbonyl (C=O) groups is 1. The highest BCUT2D eigenvalue weighted by atomic mass is 35.5. The molecule has 1 aliphatic carbocycles. The fourth-order valence-electron chi connectivity index (χ4n) is 3.58. The molecule has 0 bridgehead atoms. The number of amides is 1. The van der Waals surface area contributed by atoms with Crippen molar-refractivity contribution in [2.45, 2.75) is 45.6 Å². The number of hydrogen-bond donors (Lipinski definition) is 2. The van der Waals surface area contributed by atoms with Crippen molar-refractivity contribution in [1.82, 2.24) is 15.5 Å². The van der Waals surface area contributed by atoms with Gasteiger partial charge in [0, 0.05) is 25.7 Å². The summed E-state index contributed by atoms with van der Waals surface area (Å²) in [7, 11) is 3.66. The van der Waals surface area contributed by atoms with E-state index in [1.807, 2.05) is 45.3 Å². The van der Waals surface area contributed by atoms with Gasteiger partial charge in [-0.2, -0.15) is 0 Å². The summed E-state index contributed by atoms with van der Waals surface area (Å²) in [4.78, 5) is 19.2. The van der Waals surface area contributed by atoms with Gasteiger partial charge in [-0.1, -0.05) is 36.6 Å². The third-order valence-electron chi connectivity index (χ3n) is 5.01. The van der Waals surface area contributed by atoms with Crippen LogP contribution >= 0.6 is 11.6 Å². The van der Waals surface area contributed by atoms with Crippen molar-refractivity contribution in [3.8, 4) is 0 Å². The number of halogens is 1. The van der Waals surface area contributed by atoms with E-state index >= 15 is 0 Å². The maximum atomic E-state index is 12.7. The molecule has 0 aromatic heterocycles. The van der Waals surface area contributed by atoms with Gasteiger partial charge in [-0.15, -0.1) is 0 Å². The Balaban J connectivity index is 2.13. The fraction of sp³-hybridized carbons (Fsp3) is 0.600. The Morgan fingerprint density at radius 1 is 1.35 bits per heavy atom. The maximum absolute atomic E-state index is 12.7. The van der Waals surface area contributed by atoms with Crippen molar-refractivity contribution in [3.63, 3.8) is 0 Å². The lowest BCUT2D eigenvalue weighted by Gasteiger charge is -2.29. The first kappa shape index (κ1) is 20.6. The lowest BCUT2D eigenvalue weighted by molar-refractivity contribution is -0.138. The Morgan fingerprint density at radius 2 is 2.04 bits per heavy atom. The lowest BCUT2D eigenvalue weighted by Crippen LogP contribution is -2.43. The Hall–Kier alpha value is -1.75. The van der Waals surface area contributed by atoms with Crippen LogP contribution in [-0.2, 0) is 4.79 Å². The summed E-state index contributed by atoms with van der Waals surface area (Å²) in [5.74, 6) is 0.926. The van der Waals surface area contributed by atoms with Crippen molar-refractivity contribution in [3.05, 3.63) is 34.9 Å². The molecule has 5 nitrogen and oxygen atoms in total. The van der Waals surface area contributed by atoms with E-state index in [9.17, 15) is 4.79 Å². The van der Waals surface area contributed by atoms with E-state index in [0.717, 1.165) is 48.8 Å². The minimum Gasteiger partial charge on any atom is -0.357 e. The third kappa shape index (κ3) is 5.13. The SMILES string of the molecule is CCNC(=NCC1(C(=O)N(C)C)CCCC1)NC(C)c1cccc(Cl)c1. The Kier molecular flexibility index (Phi) is 7.33. The van der Waals surface area contributed by atoms with E-state index in [2.05, 4.69) is 17.6 Å². The zero-order valence-electron chi connectivity index (χ0n) is 16.3. The molecule has 2 N–H and O–H groups in total. The molecule has 6 heteroatoms. The highest BCUT2D eigenvalue weighted by Gasteiger charge is 2.42. The van der Waals surface area contributed by atoms with Crippen LogP contribution in [0.15, 0.2) is 29.3 Å². The van der Waals surface area contributed by atoms with Crippen molar-refractivity contribution in [1.29, 1.82) is 0 Å². The van der Waals surface area contributed by atoms with Crippen molar-refractivity contribution in [2.75, 3.05) is 27.2 Å². The van der Waals surface area contributed by atoms with E-state index in [1.54, 1.807) is 4.90 Å². The standard InChI is InChI=1S/C20H31ClN4O/c1-5-22-19(24-15(2)16-9-8-10-17(21)13-16)23-14-20(11-6-7-12-20)18(26)25(3)4/h8-10,13,15H,5-7,11-12,14H2,1-4H3,(H2,22,23,24). The zero-order valence-corrected chi connectivity index (χ0v) is 17.1. The highest BCUT2D eigenvalue weighted by molar-refractivity contribution is 6.30. The smallest absolute Gasteiger partial charge is 0.230 e. The fourth-order valence-corrected chi connectivity index (χ4v) is 3.78. The van der Waals surface area contributed by atoms with Crippen LogP contribution in [0.2, 0.25) is 5.02 Å². The second-order valence-corrected chi connectivity index (χ2v) is 7.74. The molecule has 1 aliphatic rings. The predicted molar refractivity (Wildman–Crippen MR) is 109 cm³/mol. The Morgan fingerprint density at radius 3 is 2.62 bits per heavy atom. The minimum atomic E-state index is -0.356. The number of guanidine groups is 1. The quantitative estimate of drug-likeness (QED) is 0.587. The molecule has 1 fully saturated rings. The number of hydrogen-bond acceptors (Lipinski definition) is 2. The van der Waals surface area contributed by atoms with Crippen LogP contribution in [0.3, 0.4) is 0 Å². The molecule has 1 atom stereocenters. The van der Waals surface area contributed by atoms with Crippen LogP contribution in [0.5, 0.6) is 0 Å². The summed E-state index contributed by atoms with van der Waals surface area (Å²) in [6.45, 7) is 5.40. The first-order valence-corrected chi connectivity index (χ1v) is 9.78. The van der Waals surface area contributed by atoms with Gasteiger partial charge in [0.25, 0.3) is 0 Å². The van der Waals surface area contributed by atoms with Crippen LogP contribution in [0.25, 0.3) is 0 Å². The lowest BCUT2D eigenvalue weighted by atomic mass is 9.85. The summed E-state index contributed by atoms with van der Waals surface area (Å²) in [5.41, 5.74) is 0.744. The molecule has 0 radical (unpaired) electrons. The second kappa shape index (κ2) is 9.26. The van der Waals surface area contributed by atoms with Crippen molar-refractivity contribution < 1.29 is 4.79 Å². The number of benzene rings is 1. The molecule has 26 heavy (non-hydrogen) atoms. The van der Waals surface area contributed by atoms with Crippen LogP contribution in [-0.4, -0.2) is 44.0 Å². The molecule has 0 saturated heterocycles. The molecule has 0 aliphatic heterocycles. The van der Waals surface area contributed by atoms with E-state index in [-0.39, 0.29) is 17.4 Å². The summed E-state index contributed by atoms with van der Waals surface area (Å²) < 4.78 is 0. The van der Waals surface area contributed by atoms with E-state index < -0.39 is 0 Å². The molecule has 2 rings (SSSR count). The number of nitrogens with zero attached hydrogens (tertiary/aromatic N) is 2. The average Bonchev–Trinajstić information content (AvgIpc) is 3.09. The van der Waals surface area contributed by atoms with Gasteiger partial charge < -0.3 is 15.5 Å². The molecular weight excluding hydrogens is 348 g/mol. The zero-order chi connectivity index (χ0) is 19.2. The van der Waals surface area contributed by atoms with Gasteiger partial charge in [-0.3, -0.25) is 9.79 Å². The van der Waals surface area contributed by atoms with Gasteiger partial charge in [-0.05, 0) is 44.4 Å². The number of aliphatic imine (C=N–C) groups is 1. The topological polar surface area (TPSA) is 56.7 Å². The van der Waals surface area contributed by atoms with Gasteiger partial charge in [0.2, 0.25) is 5.91 Å². The third-order valence-corrected chi connectivity index (χ3v) is 5.24. The van der Waals surface area contributed by atoms with Gasteiger partial charge in [-0.25, -0.2) is 0 Å². The van der Waals surface area contributed by atoms with E-state index in [0.29, 0.717) is 6.54 Å². The summed E-state index contributed by atoms with van der Waals surface area (Å²) in [5, 5.41) is 7.44. The molecule has 1 amide bonds. The largest absolute Gasteiger partial charge is 0.357 e. The molecule has 0 spiro atoms. The highest BCUT2D eigenvalue weighted by Crippen LogP contribution is 2.39. The molecule has 1 saturated carbocycles. The van der Waals surface area contributed by atoms with Gasteiger partial charge in [0.15, 0.2) is 5.96 Å². The van der Waals surface area contributed by atoms with Crippen LogP contribution in [0.4, 0.5) is 0 Å². The predicted octanol–water partition coefficient (Wildman–Crippen LogP) is 3.60. The number of carbonyl (C=O) groups excluding carboxylic acids is 1. The summed E-state index contributed by atoms with van der Waals surface area (Å²) in [6, 6.07) is 7.88. The average molecular weight is 379 g/mol. The van der Waals surface area contributed by atoms with Crippen molar-refractivity contribution in [2.24, 2.45) is 10.4 Å². The van der Waals surface area contributed by atoms with Gasteiger partial charge in [0.1, 0.15) is 0 Å². The van der Waals surface area contributed by atoms with E-state index in [1.165, 1.54) is 0 Å². The van der Waals surface area contributed by atoms with Gasteiger partial charge >= 0.3 is 0 Å². The Labute approximate surface area is 162 Å². The van der Waals surface area contributed by atoms with Crippen molar-refractivity contribution >= 4 is 23.5 Å². The normalized spacial score (nSPS) is 17.7. The van der Waals surface area contributed by atoms with E-state index in [4.69, 9.17) is 16.6 Å². The maximum Gasteiger partial charge on any atom is 0.230 e. The van der Waals surface area contributed by atoms with Crippen LogP contribution < -0.4 is 10.6 Å². The molecule has 0 heterocycles. The number of nitrogens with one attached hydrogen (secondary N) is 2. The van der Waals surface area contributed by atoms with Crippen LogP contribution in [0, 0.1) is 5.41 Å². The number of rotatable bonds is 6. The molecule has 1 unspecified atom stereocenters. The van der Waals surface area contributed by atoms with Crippen LogP contribution in [0.1, 0.15) is 51.1 Å². The van der Waals surface area contributed by atoms with Gasteiger partial charge in [0.05, 0.1) is 18.0 Å². The molecule has 1 aromatic rings. The minimum absolute atomic E-state index is 0.0654. The first-order chi connectivity index (χ1) is 12.4.